The maximum absolute atomic E-state index is 12.7. The van der Waals surface area contributed by atoms with Gasteiger partial charge in [-0.1, -0.05) is 11.6 Å². The topological polar surface area (TPSA) is 38.7 Å². The summed E-state index contributed by atoms with van der Waals surface area (Å²) in [6.07, 6.45) is -1.32. The minimum atomic E-state index is -4.41. The Hall–Kier alpha value is -1.73. The van der Waals surface area contributed by atoms with Crippen molar-refractivity contribution in [2.24, 2.45) is 0 Å². The van der Waals surface area contributed by atoms with Gasteiger partial charge in [0.25, 0.3) is 0 Å². The molecule has 3 nitrogen and oxygen atoms in total. The molecule has 102 valence electrons. The van der Waals surface area contributed by atoms with Gasteiger partial charge in [-0.2, -0.15) is 13.2 Å². The van der Waals surface area contributed by atoms with E-state index in [2.05, 4.69) is 15.0 Å². The Balaban J connectivity index is 2.19. The van der Waals surface area contributed by atoms with E-state index in [0.29, 0.717) is 16.9 Å². The molecule has 0 bridgehead atoms. The Morgan fingerprint density at radius 2 is 1.80 bits per heavy atom. The summed E-state index contributed by atoms with van der Waals surface area (Å²) in [5.41, 5.74) is 0.644. The number of nitrogens with zero attached hydrogens (tertiary/aromatic N) is 3. The predicted octanol–water partition coefficient (Wildman–Crippen LogP) is 4.43. The zero-order valence-electron chi connectivity index (χ0n) is 9.65. The first-order valence-electron chi connectivity index (χ1n) is 5.40. The highest BCUT2D eigenvalue weighted by Gasteiger charge is 2.33. The lowest BCUT2D eigenvalue weighted by Gasteiger charge is -2.00. The fourth-order valence-corrected chi connectivity index (χ4v) is 2.84. The molecule has 0 amide bonds. The molecule has 0 saturated carbocycles. The van der Waals surface area contributed by atoms with Crippen molar-refractivity contribution >= 4 is 33.2 Å². The van der Waals surface area contributed by atoms with Crippen LogP contribution in [0.25, 0.3) is 21.6 Å². The van der Waals surface area contributed by atoms with E-state index in [9.17, 15) is 13.2 Å². The summed E-state index contributed by atoms with van der Waals surface area (Å²) in [7, 11) is 0. The molecule has 0 radical (unpaired) electrons. The Bertz CT molecular complexity index is 771. The molecule has 0 aliphatic heterocycles. The van der Waals surface area contributed by atoms with Gasteiger partial charge in [0.1, 0.15) is 14.9 Å². The monoisotopic (exact) mass is 315 g/mol. The zero-order valence-corrected chi connectivity index (χ0v) is 11.2. The standard InChI is InChI=1S/C12H5ClF3N3S/c13-9-7-5-8(12(14,15)16)20-11(7)19-10(18-9)6-1-3-17-4-2-6/h1-5H. The summed E-state index contributed by atoms with van der Waals surface area (Å²) in [6, 6.07) is 4.30. The Morgan fingerprint density at radius 3 is 2.45 bits per heavy atom. The van der Waals surface area contributed by atoms with Gasteiger partial charge >= 0.3 is 6.18 Å². The molecule has 0 N–H and O–H groups in total. The average molecular weight is 316 g/mol. The van der Waals surface area contributed by atoms with Gasteiger partial charge in [-0.05, 0) is 18.2 Å². The summed E-state index contributed by atoms with van der Waals surface area (Å²) < 4.78 is 38.1. The second-order valence-corrected chi connectivity index (χ2v) is 5.29. The van der Waals surface area contributed by atoms with Gasteiger partial charge in [-0.25, -0.2) is 9.97 Å². The number of aromatic nitrogens is 3. The van der Waals surface area contributed by atoms with E-state index in [-0.39, 0.29) is 21.2 Å². The van der Waals surface area contributed by atoms with E-state index in [1.807, 2.05) is 0 Å². The number of pyridine rings is 1. The maximum Gasteiger partial charge on any atom is 0.425 e. The number of hydrogen-bond donors (Lipinski definition) is 0. The summed E-state index contributed by atoms with van der Waals surface area (Å²) in [5.74, 6) is 0.278. The fourth-order valence-electron chi connectivity index (χ4n) is 1.66. The van der Waals surface area contributed by atoms with Gasteiger partial charge in [-0.15, -0.1) is 11.3 Å². The lowest BCUT2D eigenvalue weighted by Crippen LogP contribution is -2.00. The van der Waals surface area contributed by atoms with Crippen LogP contribution >= 0.6 is 22.9 Å². The van der Waals surface area contributed by atoms with Crippen LogP contribution in [0.4, 0.5) is 13.2 Å². The number of alkyl halides is 3. The van der Waals surface area contributed by atoms with Crippen LogP contribution in [-0.4, -0.2) is 15.0 Å². The van der Waals surface area contributed by atoms with Gasteiger partial charge in [0, 0.05) is 23.3 Å². The summed E-state index contributed by atoms with van der Waals surface area (Å²) >= 11 is 6.50. The van der Waals surface area contributed by atoms with Gasteiger partial charge in [0.05, 0.1) is 0 Å². The van der Waals surface area contributed by atoms with Crippen LogP contribution in [0, 0.1) is 0 Å². The minimum Gasteiger partial charge on any atom is -0.265 e. The zero-order chi connectivity index (χ0) is 14.3. The van der Waals surface area contributed by atoms with Crippen molar-refractivity contribution in [1.82, 2.24) is 15.0 Å². The summed E-state index contributed by atoms with van der Waals surface area (Å²) in [6.45, 7) is 0. The Labute approximate surface area is 120 Å². The Morgan fingerprint density at radius 1 is 1.10 bits per heavy atom. The fraction of sp³-hybridized carbons (Fsp3) is 0.0833. The number of hydrogen-bond acceptors (Lipinski definition) is 4. The van der Waals surface area contributed by atoms with E-state index in [1.54, 1.807) is 24.5 Å². The van der Waals surface area contributed by atoms with Gasteiger partial charge in [0.2, 0.25) is 0 Å². The SMILES string of the molecule is FC(F)(F)c1cc2c(Cl)nc(-c3ccncc3)nc2s1. The van der Waals surface area contributed by atoms with Gasteiger partial charge < -0.3 is 0 Å². The largest absolute Gasteiger partial charge is 0.425 e. The second-order valence-electron chi connectivity index (χ2n) is 3.90. The second kappa shape index (κ2) is 4.68. The van der Waals surface area contributed by atoms with E-state index in [0.717, 1.165) is 6.07 Å². The van der Waals surface area contributed by atoms with E-state index < -0.39 is 11.1 Å². The van der Waals surface area contributed by atoms with Gasteiger partial charge in [-0.3, -0.25) is 4.98 Å². The molecule has 0 atom stereocenters. The molecular formula is C12H5ClF3N3S. The van der Waals surface area contributed by atoms with Crippen LogP contribution < -0.4 is 0 Å². The predicted molar refractivity (Wildman–Crippen MR) is 70.7 cm³/mol. The third-order valence-corrected chi connectivity index (χ3v) is 3.93. The van der Waals surface area contributed by atoms with Crippen LogP contribution in [0.3, 0.4) is 0 Å². The smallest absolute Gasteiger partial charge is 0.265 e. The van der Waals surface area contributed by atoms with E-state index in [1.165, 1.54) is 0 Å². The van der Waals surface area contributed by atoms with Crippen molar-refractivity contribution in [3.8, 4) is 11.4 Å². The molecule has 20 heavy (non-hydrogen) atoms. The highest BCUT2D eigenvalue weighted by Crippen LogP contribution is 2.39. The first-order chi connectivity index (χ1) is 9.45. The first-order valence-corrected chi connectivity index (χ1v) is 6.59. The molecular weight excluding hydrogens is 311 g/mol. The molecule has 0 unspecified atom stereocenters. The number of halogens is 4. The Kier molecular flexibility index (Phi) is 3.10. The maximum atomic E-state index is 12.7. The average Bonchev–Trinajstić information content (AvgIpc) is 2.84. The lowest BCUT2D eigenvalue weighted by molar-refractivity contribution is -0.134. The molecule has 8 heteroatoms. The highest BCUT2D eigenvalue weighted by atomic mass is 35.5. The third-order valence-electron chi connectivity index (χ3n) is 2.56. The highest BCUT2D eigenvalue weighted by molar-refractivity contribution is 7.18. The summed E-state index contributed by atoms with van der Waals surface area (Å²) in [5, 5.41) is 0.218. The van der Waals surface area contributed by atoms with Gasteiger partial charge in [0.15, 0.2) is 5.82 Å². The summed E-state index contributed by atoms with van der Waals surface area (Å²) in [4.78, 5) is 11.5. The lowest BCUT2D eigenvalue weighted by atomic mass is 10.2. The molecule has 0 aliphatic carbocycles. The van der Waals surface area contributed by atoms with Crippen LogP contribution in [0.5, 0.6) is 0 Å². The van der Waals surface area contributed by atoms with Crippen molar-refractivity contribution in [2.75, 3.05) is 0 Å². The molecule has 0 spiro atoms. The van der Waals surface area contributed by atoms with Crippen LogP contribution in [0.1, 0.15) is 4.88 Å². The molecule has 3 aromatic heterocycles. The first kappa shape index (κ1) is 13.3. The van der Waals surface area contributed by atoms with E-state index in [4.69, 9.17) is 11.6 Å². The minimum absolute atomic E-state index is 0.00793. The van der Waals surface area contributed by atoms with Crippen LogP contribution in [-0.2, 0) is 6.18 Å². The van der Waals surface area contributed by atoms with Crippen LogP contribution in [0.2, 0.25) is 5.15 Å². The number of rotatable bonds is 1. The molecule has 0 aromatic carbocycles. The normalized spacial score (nSPS) is 12.0. The molecule has 3 aromatic rings. The van der Waals surface area contributed by atoms with Crippen LogP contribution in [0.15, 0.2) is 30.6 Å². The number of thiophene rings is 1. The molecule has 0 saturated heterocycles. The third kappa shape index (κ3) is 2.34. The van der Waals surface area contributed by atoms with Crippen molar-refractivity contribution in [3.63, 3.8) is 0 Å². The van der Waals surface area contributed by atoms with Crippen molar-refractivity contribution in [1.29, 1.82) is 0 Å². The number of fused-ring (bicyclic) bond motifs is 1. The molecule has 0 fully saturated rings. The quantitative estimate of drug-likeness (QED) is 0.624. The van der Waals surface area contributed by atoms with E-state index >= 15 is 0 Å². The molecule has 3 heterocycles. The van der Waals surface area contributed by atoms with Crippen molar-refractivity contribution in [3.05, 3.63) is 40.6 Å². The molecule has 0 aliphatic rings. The van der Waals surface area contributed by atoms with Crippen molar-refractivity contribution in [2.45, 2.75) is 6.18 Å². The van der Waals surface area contributed by atoms with Crippen molar-refractivity contribution < 1.29 is 13.2 Å². The molecule has 3 rings (SSSR count).